The van der Waals surface area contributed by atoms with Crippen molar-refractivity contribution in [3.8, 4) is 5.75 Å². The lowest BCUT2D eigenvalue weighted by Crippen LogP contribution is -1.91. The smallest absolute Gasteiger partial charge is 0.213 e. The molecule has 1 heterocycles. The number of H-pyrrole nitrogens is 1. The van der Waals surface area contributed by atoms with Crippen molar-refractivity contribution in [3.63, 3.8) is 0 Å². The van der Waals surface area contributed by atoms with Crippen LogP contribution < -0.4 is 10.5 Å². The van der Waals surface area contributed by atoms with E-state index in [4.69, 9.17) is 10.5 Å². The summed E-state index contributed by atoms with van der Waals surface area (Å²) in [5.74, 6) is 1.53. The van der Waals surface area contributed by atoms with E-state index in [1.165, 1.54) is 11.8 Å². The lowest BCUT2D eigenvalue weighted by atomic mass is 10.3. The zero-order chi connectivity index (χ0) is 11.5. The number of nitrogen functional groups attached to an aromatic ring is 1. The molecule has 0 aliphatic rings. The molecule has 0 aliphatic heterocycles. The zero-order valence-corrected chi connectivity index (χ0v) is 9.84. The molecule has 0 atom stereocenters. The summed E-state index contributed by atoms with van der Waals surface area (Å²) in [6.45, 7) is 1.86. The highest BCUT2D eigenvalue weighted by Crippen LogP contribution is 2.32. The minimum Gasteiger partial charge on any atom is -0.497 e. The summed E-state index contributed by atoms with van der Waals surface area (Å²) in [6.07, 6.45) is 0. The van der Waals surface area contributed by atoms with Gasteiger partial charge in [-0.2, -0.15) is 0 Å². The van der Waals surface area contributed by atoms with Crippen LogP contribution >= 0.6 is 11.8 Å². The highest BCUT2D eigenvalue weighted by molar-refractivity contribution is 7.99. The van der Waals surface area contributed by atoms with Gasteiger partial charge < -0.3 is 10.5 Å². The second-order valence-electron chi connectivity index (χ2n) is 3.21. The molecule has 6 heteroatoms. The lowest BCUT2D eigenvalue weighted by molar-refractivity contribution is 0.415. The predicted molar refractivity (Wildman–Crippen MR) is 62.6 cm³/mol. The van der Waals surface area contributed by atoms with Gasteiger partial charge in [0.25, 0.3) is 0 Å². The van der Waals surface area contributed by atoms with Gasteiger partial charge >= 0.3 is 0 Å². The Morgan fingerprint density at radius 1 is 1.44 bits per heavy atom. The molecule has 0 bridgehead atoms. The molecule has 0 saturated heterocycles. The van der Waals surface area contributed by atoms with E-state index in [1.54, 1.807) is 13.2 Å². The van der Waals surface area contributed by atoms with Crippen molar-refractivity contribution in [1.82, 2.24) is 15.2 Å². The van der Waals surface area contributed by atoms with Crippen LogP contribution in [0, 0.1) is 6.92 Å². The van der Waals surface area contributed by atoms with Gasteiger partial charge in [-0.3, -0.25) is 5.10 Å². The number of aryl methyl sites for hydroxylation is 1. The molecule has 0 fully saturated rings. The van der Waals surface area contributed by atoms with Crippen LogP contribution in [0.25, 0.3) is 0 Å². The third-order valence-electron chi connectivity index (χ3n) is 1.99. The summed E-state index contributed by atoms with van der Waals surface area (Å²) in [6, 6.07) is 5.53. The first-order valence-electron chi connectivity index (χ1n) is 4.69. The summed E-state index contributed by atoms with van der Waals surface area (Å²) in [5, 5.41) is 7.48. The number of ether oxygens (including phenoxy) is 1. The van der Waals surface area contributed by atoms with E-state index in [0.29, 0.717) is 10.8 Å². The van der Waals surface area contributed by atoms with Gasteiger partial charge in [-0.1, -0.05) is 0 Å². The molecule has 3 N–H and O–H groups in total. The van der Waals surface area contributed by atoms with Crippen molar-refractivity contribution in [3.05, 3.63) is 24.0 Å². The van der Waals surface area contributed by atoms with Crippen molar-refractivity contribution >= 4 is 17.4 Å². The molecule has 1 aromatic carbocycles. The number of hydrogen-bond acceptors (Lipinski definition) is 5. The summed E-state index contributed by atoms with van der Waals surface area (Å²) in [7, 11) is 1.61. The highest BCUT2D eigenvalue weighted by Gasteiger charge is 2.06. The van der Waals surface area contributed by atoms with Crippen molar-refractivity contribution in [2.24, 2.45) is 0 Å². The zero-order valence-electron chi connectivity index (χ0n) is 9.02. The van der Waals surface area contributed by atoms with E-state index in [-0.39, 0.29) is 0 Å². The van der Waals surface area contributed by atoms with Gasteiger partial charge in [0, 0.05) is 16.6 Å². The molecule has 16 heavy (non-hydrogen) atoms. The third-order valence-corrected chi connectivity index (χ3v) is 2.95. The van der Waals surface area contributed by atoms with Gasteiger partial charge in [-0.15, -0.1) is 5.10 Å². The number of rotatable bonds is 3. The van der Waals surface area contributed by atoms with Gasteiger partial charge in [0.15, 0.2) is 0 Å². The summed E-state index contributed by atoms with van der Waals surface area (Å²) in [4.78, 5) is 5.12. The van der Waals surface area contributed by atoms with Gasteiger partial charge in [-0.05, 0) is 30.8 Å². The first-order chi connectivity index (χ1) is 7.69. The Kier molecular flexibility index (Phi) is 3.00. The molecule has 0 radical (unpaired) electrons. The Morgan fingerprint density at radius 2 is 2.25 bits per heavy atom. The fraction of sp³-hybridized carbons (Fsp3) is 0.200. The van der Waals surface area contributed by atoms with Crippen LogP contribution in [0.15, 0.2) is 28.3 Å². The number of nitrogens with two attached hydrogens (primary N) is 1. The number of aromatic amines is 1. The number of nitrogens with zero attached hydrogens (tertiary/aromatic N) is 2. The molecule has 0 amide bonds. The highest BCUT2D eigenvalue weighted by atomic mass is 32.2. The van der Waals surface area contributed by atoms with Crippen molar-refractivity contribution in [1.29, 1.82) is 0 Å². The Morgan fingerprint density at radius 3 is 2.81 bits per heavy atom. The molecule has 0 spiro atoms. The maximum absolute atomic E-state index is 5.88. The summed E-state index contributed by atoms with van der Waals surface area (Å²) in [5.41, 5.74) is 6.54. The van der Waals surface area contributed by atoms with Gasteiger partial charge in [0.1, 0.15) is 11.6 Å². The molecular formula is C10H12N4OS. The number of nitrogens with one attached hydrogen (secondary N) is 1. The van der Waals surface area contributed by atoms with Gasteiger partial charge in [-0.25, -0.2) is 4.98 Å². The van der Waals surface area contributed by atoms with Crippen LogP contribution in [0.5, 0.6) is 5.75 Å². The summed E-state index contributed by atoms with van der Waals surface area (Å²) >= 11 is 1.42. The molecule has 0 aliphatic carbocycles. The van der Waals surface area contributed by atoms with Crippen LogP contribution in [0.3, 0.4) is 0 Å². The average Bonchev–Trinajstić information content (AvgIpc) is 2.67. The average molecular weight is 236 g/mol. The van der Waals surface area contributed by atoms with Crippen LogP contribution in [-0.4, -0.2) is 22.3 Å². The molecule has 0 saturated carbocycles. The first kappa shape index (κ1) is 10.8. The molecule has 5 nitrogen and oxygen atoms in total. The number of methoxy groups -OCH3 is 1. The Bertz CT molecular complexity index is 497. The number of hydrogen-bond donors (Lipinski definition) is 2. The fourth-order valence-electron chi connectivity index (χ4n) is 1.21. The van der Waals surface area contributed by atoms with E-state index in [0.717, 1.165) is 16.5 Å². The molecule has 2 aromatic rings. The molecule has 0 unspecified atom stereocenters. The van der Waals surface area contributed by atoms with Crippen LogP contribution in [0.4, 0.5) is 5.69 Å². The van der Waals surface area contributed by atoms with Crippen LogP contribution in [0.1, 0.15) is 5.82 Å². The normalized spacial score (nSPS) is 10.4. The van der Waals surface area contributed by atoms with Crippen LogP contribution in [0.2, 0.25) is 0 Å². The van der Waals surface area contributed by atoms with Gasteiger partial charge in [0.05, 0.1) is 7.11 Å². The van der Waals surface area contributed by atoms with E-state index in [2.05, 4.69) is 15.2 Å². The topological polar surface area (TPSA) is 76.8 Å². The molecule has 2 rings (SSSR count). The maximum Gasteiger partial charge on any atom is 0.213 e. The first-order valence-corrected chi connectivity index (χ1v) is 5.51. The Balaban J connectivity index is 2.21. The molecule has 84 valence electrons. The third kappa shape index (κ3) is 2.27. The number of anilines is 1. The maximum atomic E-state index is 5.88. The van der Waals surface area contributed by atoms with E-state index in [1.807, 2.05) is 19.1 Å². The summed E-state index contributed by atoms with van der Waals surface area (Å²) < 4.78 is 5.08. The van der Waals surface area contributed by atoms with E-state index >= 15 is 0 Å². The quantitative estimate of drug-likeness (QED) is 0.795. The van der Waals surface area contributed by atoms with Crippen LogP contribution in [-0.2, 0) is 0 Å². The monoisotopic (exact) mass is 236 g/mol. The minimum atomic E-state index is 0.659. The second-order valence-corrected chi connectivity index (χ2v) is 4.22. The Labute approximate surface area is 97.4 Å². The predicted octanol–water partition coefficient (Wildman–Crippen LogP) is 1.86. The van der Waals surface area contributed by atoms with E-state index < -0.39 is 0 Å². The van der Waals surface area contributed by atoms with Crippen molar-refractivity contribution in [2.75, 3.05) is 12.8 Å². The standard InChI is InChI=1S/C10H12N4OS/c1-6-12-10(14-13-6)16-9-4-3-7(15-2)5-8(9)11/h3-5H,11H2,1-2H3,(H,12,13,14). The molecular weight excluding hydrogens is 224 g/mol. The Hall–Kier alpha value is -1.69. The minimum absolute atomic E-state index is 0.659. The van der Waals surface area contributed by atoms with Crippen molar-refractivity contribution < 1.29 is 4.74 Å². The largest absolute Gasteiger partial charge is 0.497 e. The van der Waals surface area contributed by atoms with Crippen molar-refractivity contribution in [2.45, 2.75) is 17.0 Å². The number of benzene rings is 1. The number of aromatic nitrogens is 3. The second kappa shape index (κ2) is 4.44. The van der Waals surface area contributed by atoms with E-state index in [9.17, 15) is 0 Å². The fourth-order valence-corrected chi connectivity index (χ4v) is 2.00. The van der Waals surface area contributed by atoms with Gasteiger partial charge in [0.2, 0.25) is 5.16 Å². The lowest BCUT2D eigenvalue weighted by Gasteiger charge is -2.05. The molecule has 1 aromatic heterocycles. The SMILES string of the molecule is COc1ccc(Sc2n[nH]c(C)n2)c(N)c1.